The number of aryl methyl sites for hydroxylation is 1. The molecular formula is C17H20ClNO. The Morgan fingerprint density at radius 3 is 2.50 bits per heavy atom. The number of rotatable bonds is 6. The van der Waals surface area contributed by atoms with Gasteiger partial charge in [-0.3, -0.25) is 0 Å². The van der Waals surface area contributed by atoms with Crippen LogP contribution in [-0.4, -0.2) is 6.54 Å². The first-order valence-corrected chi connectivity index (χ1v) is 7.30. The molecule has 0 bridgehead atoms. The summed E-state index contributed by atoms with van der Waals surface area (Å²) in [5.41, 5.74) is 9.18. The molecule has 0 aliphatic carbocycles. The maximum Gasteiger partial charge on any atom is 0.120 e. The molecule has 0 aliphatic rings. The van der Waals surface area contributed by atoms with E-state index < -0.39 is 0 Å². The van der Waals surface area contributed by atoms with Gasteiger partial charge in [-0.1, -0.05) is 42.8 Å². The van der Waals surface area contributed by atoms with Gasteiger partial charge in [-0.15, -0.1) is 0 Å². The van der Waals surface area contributed by atoms with Gasteiger partial charge in [0.05, 0.1) is 0 Å². The Labute approximate surface area is 125 Å². The number of ether oxygens (including phenoxy) is 1. The molecule has 0 heterocycles. The van der Waals surface area contributed by atoms with Gasteiger partial charge in [0.2, 0.25) is 0 Å². The lowest BCUT2D eigenvalue weighted by Crippen LogP contribution is -2.07. The fraction of sp³-hybridized carbons (Fsp3) is 0.294. The van der Waals surface area contributed by atoms with Crippen LogP contribution in [-0.2, 0) is 19.4 Å². The van der Waals surface area contributed by atoms with Crippen molar-refractivity contribution in [1.29, 1.82) is 0 Å². The van der Waals surface area contributed by atoms with E-state index in [0.717, 1.165) is 29.2 Å². The van der Waals surface area contributed by atoms with Gasteiger partial charge in [-0.25, -0.2) is 0 Å². The van der Waals surface area contributed by atoms with Crippen molar-refractivity contribution >= 4 is 11.6 Å². The van der Waals surface area contributed by atoms with Crippen LogP contribution in [0.1, 0.15) is 23.6 Å². The zero-order chi connectivity index (χ0) is 14.4. The summed E-state index contributed by atoms with van der Waals surface area (Å²) in [5, 5.41) is 0.795. The minimum absolute atomic E-state index is 0.557. The second-order valence-corrected chi connectivity index (χ2v) is 5.11. The predicted octanol–water partition coefficient (Wildman–Crippen LogP) is 3.98. The summed E-state index contributed by atoms with van der Waals surface area (Å²) in [4.78, 5) is 0. The quantitative estimate of drug-likeness (QED) is 0.873. The van der Waals surface area contributed by atoms with Crippen molar-refractivity contribution < 1.29 is 4.74 Å². The molecule has 3 heteroatoms. The zero-order valence-electron chi connectivity index (χ0n) is 11.7. The van der Waals surface area contributed by atoms with Gasteiger partial charge in [0.25, 0.3) is 0 Å². The van der Waals surface area contributed by atoms with Crippen molar-refractivity contribution in [1.82, 2.24) is 0 Å². The molecule has 0 fully saturated rings. The molecule has 0 saturated heterocycles. The fourth-order valence-corrected chi connectivity index (χ4v) is 2.42. The molecular weight excluding hydrogens is 270 g/mol. The largest absolute Gasteiger partial charge is 0.489 e. The van der Waals surface area contributed by atoms with E-state index in [4.69, 9.17) is 22.1 Å². The summed E-state index contributed by atoms with van der Waals surface area (Å²) in [6, 6.07) is 14.1. The highest BCUT2D eigenvalue weighted by molar-refractivity contribution is 6.31. The van der Waals surface area contributed by atoms with Crippen LogP contribution in [0.5, 0.6) is 5.75 Å². The van der Waals surface area contributed by atoms with Crippen LogP contribution < -0.4 is 10.5 Å². The highest BCUT2D eigenvalue weighted by atomic mass is 35.5. The predicted molar refractivity (Wildman–Crippen MR) is 84.4 cm³/mol. The Hall–Kier alpha value is -1.51. The second kappa shape index (κ2) is 7.32. The molecule has 2 N–H and O–H groups in total. The van der Waals surface area contributed by atoms with Gasteiger partial charge in [0.1, 0.15) is 12.4 Å². The highest BCUT2D eigenvalue weighted by Crippen LogP contribution is 2.23. The van der Waals surface area contributed by atoms with E-state index in [1.165, 1.54) is 11.1 Å². The van der Waals surface area contributed by atoms with Crippen LogP contribution >= 0.6 is 11.6 Å². The normalized spacial score (nSPS) is 10.6. The number of halogens is 1. The van der Waals surface area contributed by atoms with E-state index in [-0.39, 0.29) is 0 Å². The molecule has 0 spiro atoms. The third kappa shape index (κ3) is 3.75. The van der Waals surface area contributed by atoms with E-state index in [1.807, 2.05) is 30.3 Å². The minimum Gasteiger partial charge on any atom is -0.489 e. The van der Waals surface area contributed by atoms with E-state index in [1.54, 1.807) is 0 Å². The summed E-state index contributed by atoms with van der Waals surface area (Å²) in [7, 11) is 0. The third-order valence-corrected chi connectivity index (χ3v) is 3.69. The maximum atomic E-state index is 6.11. The van der Waals surface area contributed by atoms with Crippen LogP contribution in [0.2, 0.25) is 5.02 Å². The Kier molecular flexibility index (Phi) is 5.45. The lowest BCUT2D eigenvalue weighted by Gasteiger charge is -2.12. The van der Waals surface area contributed by atoms with Crippen LogP contribution in [0.3, 0.4) is 0 Å². The van der Waals surface area contributed by atoms with Crippen LogP contribution in [0.4, 0.5) is 0 Å². The molecule has 106 valence electrons. The van der Waals surface area contributed by atoms with Gasteiger partial charge in [0.15, 0.2) is 0 Å². The van der Waals surface area contributed by atoms with Crippen molar-refractivity contribution in [3.63, 3.8) is 0 Å². The molecule has 20 heavy (non-hydrogen) atoms. The molecule has 2 rings (SSSR count). The molecule has 2 aromatic rings. The smallest absolute Gasteiger partial charge is 0.120 e. The minimum atomic E-state index is 0.557. The molecule has 2 aromatic carbocycles. The first-order chi connectivity index (χ1) is 9.74. The van der Waals surface area contributed by atoms with Crippen molar-refractivity contribution in [2.24, 2.45) is 5.73 Å². The fourth-order valence-electron chi connectivity index (χ4n) is 2.17. The topological polar surface area (TPSA) is 35.2 Å². The molecule has 0 radical (unpaired) electrons. The van der Waals surface area contributed by atoms with Crippen molar-refractivity contribution in [3.05, 3.63) is 64.2 Å². The van der Waals surface area contributed by atoms with Crippen LogP contribution in [0.15, 0.2) is 42.5 Å². The summed E-state index contributed by atoms with van der Waals surface area (Å²) in [6.07, 6.45) is 1.78. The second-order valence-electron chi connectivity index (χ2n) is 4.70. The van der Waals surface area contributed by atoms with E-state index in [9.17, 15) is 0 Å². The van der Waals surface area contributed by atoms with Crippen LogP contribution in [0.25, 0.3) is 0 Å². The van der Waals surface area contributed by atoms with Crippen LogP contribution in [0, 0.1) is 0 Å². The Bertz CT molecular complexity index is 569. The molecule has 0 saturated carbocycles. The summed E-state index contributed by atoms with van der Waals surface area (Å²) < 4.78 is 5.88. The third-order valence-electron chi connectivity index (χ3n) is 3.32. The van der Waals surface area contributed by atoms with Crippen molar-refractivity contribution in [2.45, 2.75) is 26.4 Å². The van der Waals surface area contributed by atoms with Gasteiger partial charge < -0.3 is 10.5 Å². The summed E-state index contributed by atoms with van der Waals surface area (Å²) >= 11 is 6.11. The molecule has 0 amide bonds. The highest BCUT2D eigenvalue weighted by Gasteiger charge is 2.04. The molecule has 0 unspecified atom stereocenters. The van der Waals surface area contributed by atoms with Gasteiger partial charge in [-0.05, 0) is 54.3 Å². The Morgan fingerprint density at radius 2 is 1.80 bits per heavy atom. The number of hydrogen-bond acceptors (Lipinski definition) is 2. The van der Waals surface area contributed by atoms with E-state index in [0.29, 0.717) is 13.2 Å². The standard InChI is InChI=1S/C17H20ClNO/c1-2-13-11-16(7-8-17(13)18)20-12-15-6-4-3-5-14(15)9-10-19/h3-8,11H,2,9-10,12,19H2,1H3. The Morgan fingerprint density at radius 1 is 1.05 bits per heavy atom. The van der Waals surface area contributed by atoms with Gasteiger partial charge in [-0.2, -0.15) is 0 Å². The van der Waals surface area contributed by atoms with Gasteiger partial charge >= 0.3 is 0 Å². The van der Waals surface area contributed by atoms with Crippen molar-refractivity contribution in [2.75, 3.05) is 6.54 Å². The molecule has 0 aromatic heterocycles. The first kappa shape index (κ1) is 14.9. The number of benzene rings is 2. The van der Waals surface area contributed by atoms with E-state index in [2.05, 4.69) is 19.1 Å². The monoisotopic (exact) mass is 289 g/mol. The Balaban J connectivity index is 2.09. The molecule has 0 aliphatic heterocycles. The summed E-state index contributed by atoms with van der Waals surface area (Å²) in [6.45, 7) is 3.29. The average molecular weight is 290 g/mol. The average Bonchev–Trinajstić information content (AvgIpc) is 2.48. The lowest BCUT2D eigenvalue weighted by atomic mass is 10.1. The van der Waals surface area contributed by atoms with Gasteiger partial charge in [0, 0.05) is 5.02 Å². The SMILES string of the molecule is CCc1cc(OCc2ccccc2CCN)ccc1Cl. The lowest BCUT2D eigenvalue weighted by molar-refractivity contribution is 0.304. The molecule has 2 nitrogen and oxygen atoms in total. The molecule has 0 atom stereocenters. The van der Waals surface area contributed by atoms with E-state index >= 15 is 0 Å². The first-order valence-electron chi connectivity index (χ1n) is 6.92. The van der Waals surface area contributed by atoms with Crippen molar-refractivity contribution in [3.8, 4) is 5.75 Å². The zero-order valence-corrected chi connectivity index (χ0v) is 12.5. The number of hydrogen-bond donors (Lipinski definition) is 1. The summed E-state index contributed by atoms with van der Waals surface area (Å²) in [5.74, 6) is 0.855. The number of nitrogens with two attached hydrogens (primary N) is 1. The maximum absolute atomic E-state index is 6.11.